The zero-order valence-electron chi connectivity index (χ0n) is 11.7. The van der Waals surface area contributed by atoms with Crippen molar-refractivity contribution in [2.45, 2.75) is 58.1 Å². The standard InChI is InChI=1S/C14H29NO2/c1-12(2)11-15-13-5-7-14(8-6-13)17-10-4-9-16-3/h12-15H,4-11H2,1-3H3/t13-,14-. The van der Waals surface area contributed by atoms with E-state index in [1.54, 1.807) is 7.11 Å². The monoisotopic (exact) mass is 243 g/mol. The Kier molecular flexibility index (Phi) is 7.82. The third-order valence-electron chi connectivity index (χ3n) is 3.34. The molecule has 102 valence electrons. The van der Waals surface area contributed by atoms with Crippen LogP contribution in [0.1, 0.15) is 46.0 Å². The molecular formula is C14H29NO2. The second kappa shape index (κ2) is 8.90. The zero-order chi connectivity index (χ0) is 12.5. The Morgan fingerprint density at radius 2 is 1.82 bits per heavy atom. The maximum Gasteiger partial charge on any atom is 0.0576 e. The summed E-state index contributed by atoms with van der Waals surface area (Å²) in [5.41, 5.74) is 0. The second-order valence-electron chi connectivity index (χ2n) is 5.49. The molecule has 0 aliphatic heterocycles. The number of ether oxygens (including phenoxy) is 2. The SMILES string of the molecule is COCCCO[C@H]1CC[C@H](NCC(C)C)CC1. The quantitative estimate of drug-likeness (QED) is 0.665. The number of methoxy groups -OCH3 is 1. The van der Waals surface area contributed by atoms with E-state index in [1.165, 1.54) is 25.7 Å². The molecule has 3 heteroatoms. The van der Waals surface area contributed by atoms with E-state index in [-0.39, 0.29) is 0 Å². The zero-order valence-corrected chi connectivity index (χ0v) is 11.7. The van der Waals surface area contributed by atoms with E-state index in [9.17, 15) is 0 Å². The lowest BCUT2D eigenvalue weighted by atomic mass is 9.92. The first kappa shape index (κ1) is 14.9. The summed E-state index contributed by atoms with van der Waals surface area (Å²) in [4.78, 5) is 0. The number of nitrogens with one attached hydrogen (secondary N) is 1. The van der Waals surface area contributed by atoms with Gasteiger partial charge in [0.2, 0.25) is 0 Å². The lowest BCUT2D eigenvalue weighted by molar-refractivity contribution is 0.0129. The van der Waals surface area contributed by atoms with E-state index in [1.807, 2.05) is 0 Å². The minimum atomic E-state index is 0.490. The van der Waals surface area contributed by atoms with Gasteiger partial charge in [-0.3, -0.25) is 0 Å². The Bertz CT molecular complexity index is 177. The fraction of sp³-hybridized carbons (Fsp3) is 1.00. The molecule has 3 nitrogen and oxygen atoms in total. The predicted molar refractivity (Wildman–Crippen MR) is 71.3 cm³/mol. The van der Waals surface area contributed by atoms with Crippen molar-refractivity contribution in [3.05, 3.63) is 0 Å². The maximum absolute atomic E-state index is 5.85. The number of rotatable bonds is 8. The lowest BCUT2D eigenvalue weighted by Crippen LogP contribution is -2.37. The van der Waals surface area contributed by atoms with Crippen molar-refractivity contribution in [2.75, 3.05) is 26.9 Å². The van der Waals surface area contributed by atoms with E-state index in [0.29, 0.717) is 6.10 Å². The van der Waals surface area contributed by atoms with Crippen molar-refractivity contribution in [1.82, 2.24) is 5.32 Å². The predicted octanol–water partition coefficient (Wildman–Crippen LogP) is 2.60. The van der Waals surface area contributed by atoms with Crippen LogP contribution in [0.25, 0.3) is 0 Å². The van der Waals surface area contributed by atoms with Gasteiger partial charge in [0, 0.05) is 26.4 Å². The van der Waals surface area contributed by atoms with Crippen molar-refractivity contribution >= 4 is 0 Å². The van der Waals surface area contributed by atoms with Gasteiger partial charge in [0.15, 0.2) is 0 Å². The highest BCUT2D eigenvalue weighted by Crippen LogP contribution is 2.21. The summed E-state index contributed by atoms with van der Waals surface area (Å²) in [5.74, 6) is 0.748. The van der Waals surface area contributed by atoms with Gasteiger partial charge in [-0.05, 0) is 44.6 Å². The van der Waals surface area contributed by atoms with Gasteiger partial charge in [0.25, 0.3) is 0 Å². The molecule has 1 aliphatic carbocycles. The van der Waals surface area contributed by atoms with Crippen molar-refractivity contribution in [3.8, 4) is 0 Å². The second-order valence-corrected chi connectivity index (χ2v) is 5.49. The van der Waals surface area contributed by atoms with Gasteiger partial charge in [0.05, 0.1) is 6.10 Å². The first-order valence-electron chi connectivity index (χ1n) is 7.06. The Morgan fingerprint density at radius 3 is 2.41 bits per heavy atom. The fourth-order valence-corrected chi connectivity index (χ4v) is 2.29. The molecule has 0 heterocycles. The van der Waals surface area contributed by atoms with Crippen molar-refractivity contribution in [3.63, 3.8) is 0 Å². The molecule has 0 aromatic carbocycles. The van der Waals surface area contributed by atoms with Gasteiger partial charge in [-0.2, -0.15) is 0 Å². The lowest BCUT2D eigenvalue weighted by Gasteiger charge is -2.29. The van der Waals surface area contributed by atoms with Crippen LogP contribution in [0.15, 0.2) is 0 Å². The topological polar surface area (TPSA) is 30.5 Å². The molecule has 0 aromatic heterocycles. The Balaban J connectivity index is 2.01. The van der Waals surface area contributed by atoms with E-state index < -0.39 is 0 Å². The Labute approximate surface area is 106 Å². The summed E-state index contributed by atoms with van der Waals surface area (Å²) in [6.07, 6.45) is 6.46. The summed E-state index contributed by atoms with van der Waals surface area (Å²) >= 11 is 0. The largest absolute Gasteiger partial charge is 0.385 e. The van der Waals surface area contributed by atoms with Gasteiger partial charge in [-0.15, -0.1) is 0 Å². The summed E-state index contributed by atoms with van der Waals surface area (Å²) in [7, 11) is 1.74. The molecule has 0 saturated heterocycles. The van der Waals surface area contributed by atoms with Gasteiger partial charge in [-0.1, -0.05) is 13.8 Å². The molecule has 0 atom stereocenters. The van der Waals surface area contributed by atoms with Gasteiger partial charge < -0.3 is 14.8 Å². The van der Waals surface area contributed by atoms with Gasteiger partial charge >= 0.3 is 0 Å². The van der Waals surface area contributed by atoms with Crippen molar-refractivity contribution in [1.29, 1.82) is 0 Å². The third kappa shape index (κ3) is 7.02. The average Bonchev–Trinajstić information content (AvgIpc) is 2.33. The van der Waals surface area contributed by atoms with Crippen LogP contribution in [-0.4, -0.2) is 39.0 Å². The van der Waals surface area contributed by atoms with E-state index >= 15 is 0 Å². The summed E-state index contributed by atoms with van der Waals surface area (Å²) < 4.78 is 10.9. The normalized spacial score (nSPS) is 25.4. The highest BCUT2D eigenvalue weighted by Gasteiger charge is 2.21. The first-order chi connectivity index (χ1) is 8.22. The first-order valence-corrected chi connectivity index (χ1v) is 7.06. The van der Waals surface area contributed by atoms with E-state index in [2.05, 4.69) is 19.2 Å². The van der Waals surface area contributed by atoms with Crippen LogP contribution in [0.4, 0.5) is 0 Å². The molecule has 1 aliphatic rings. The highest BCUT2D eigenvalue weighted by atomic mass is 16.5. The highest BCUT2D eigenvalue weighted by molar-refractivity contribution is 4.77. The molecular weight excluding hydrogens is 214 g/mol. The number of hydrogen-bond acceptors (Lipinski definition) is 3. The van der Waals surface area contributed by atoms with E-state index in [4.69, 9.17) is 9.47 Å². The summed E-state index contributed by atoms with van der Waals surface area (Å²) in [6.45, 7) is 7.33. The molecule has 1 fully saturated rings. The third-order valence-corrected chi connectivity index (χ3v) is 3.34. The van der Waals surface area contributed by atoms with Crippen LogP contribution in [0, 0.1) is 5.92 Å². The molecule has 0 aromatic rings. The molecule has 1 N–H and O–H groups in total. The molecule has 0 radical (unpaired) electrons. The van der Waals surface area contributed by atoms with Crippen LogP contribution >= 0.6 is 0 Å². The Hall–Kier alpha value is -0.120. The molecule has 17 heavy (non-hydrogen) atoms. The smallest absolute Gasteiger partial charge is 0.0576 e. The molecule has 0 amide bonds. The molecule has 0 bridgehead atoms. The summed E-state index contributed by atoms with van der Waals surface area (Å²) in [5, 5.41) is 3.64. The Morgan fingerprint density at radius 1 is 1.12 bits per heavy atom. The molecule has 1 rings (SSSR count). The molecule has 0 unspecified atom stereocenters. The maximum atomic E-state index is 5.85. The van der Waals surface area contributed by atoms with Crippen molar-refractivity contribution < 1.29 is 9.47 Å². The molecule has 0 spiro atoms. The summed E-state index contributed by atoms with van der Waals surface area (Å²) in [6, 6.07) is 0.719. The van der Waals surface area contributed by atoms with Crippen LogP contribution in [0.5, 0.6) is 0 Å². The van der Waals surface area contributed by atoms with E-state index in [0.717, 1.165) is 38.1 Å². The van der Waals surface area contributed by atoms with Gasteiger partial charge in [0.1, 0.15) is 0 Å². The van der Waals surface area contributed by atoms with Crippen LogP contribution in [0.2, 0.25) is 0 Å². The average molecular weight is 243 g/mol. The molecule has 1 saturated carbocycles. The van der Waals surface area contributed by atoms with Crippen molar-refractivity contribution in [2.24, 2.45) is 5.92 Å². The minimum Gasteiger partial charge on any atom is -0.385 e. The van der Waals surface area contributed by atoms with Crippen LogP contribution in [0.3, 0.4) is 0 Å². The number of hydrogen-bond donors (Lipinski definition) is 1. The fourth-order valence-electron chi connectivity index (χ4n) is 2.29. The van der Waals surface area contributed by atoms with Crippen LogP contribution < -0.4 is 5.32 Å². The van der Waals surface area contributed by atoms with Gasteiger partial charge in [-0.25, -0.2) is 0 Å². The minimum absolute atomic E-state index is 0.490. The van der Waals surface area contributed by atoms with Crippen LogP contribution in [-0.2, 0) is 9.47 Å².